The topological polar surface area (TPSA) is 104 Å². The lowest BCUT2D eigenvalue weighted by molar-refractivity contribution is -0.131. The van der Waals surface area contributed by atoms with Crippen molar-refractivity contribution in [1.29, 1.82) is 5.26 Å². The quantitative estimate of drug-likeness (QED) is 0.707. The summed E-state index contributed by atoms with van der Waals surface area (Å²) in [6, 6.07) is 17.5. The highest BCUT2D eigenvalue weighted by Gasteiger charge is 2.49. The molecule has 0 bridgehead atoms. The van der Waals surface area contributed by atoms with Gasteiger partial charge < -0.3 is 5.32 Å². The number of carbonyl (C=O) groups is 2. The van der Waals surface area contributed by atoms with E-state index in [4.69, 9.17) is 5.26 Å². The van der Waals surface area contributed by atoms with Gasteiger partial charge in [0.1, 0.15) is 11.2 Å². The van der Waals surface area contributed by atoms with Crippen LogP contribution in [0.3, 0.4) is 0 Å². The number of hydrogen-bond donors (Lipinski definition) is 1. The molecule has 138 valence electrons. The van der Waals surface area contributed by atoms with Crippen LogP contribution >= 0.6 is 0 Å². The standard InChI is InChI=1S/C20H16N6O2/c1-20(15-9-7-14(11-21)8-10-15)18(27)25(19(28)23-20)13-16-12-22-26(24-16)17-5-3-2-4-6-17/h2-10,12H,13H2,1H3,(H,23,28). The van der Waals surface area contributed by atoms with Crippen LogP contribution in [0.4, 0.5) is 4.79 Å². The number of amides is 3. The summed E-state index contributed by atoms with van der Waals surface area (Å²) in [6.45, 7) is 1.67. The monoisotopic (exact) mass is 372 g/mol. The van der Waals surface area contributed by atoms with E-state index >= 15 is 0 Å². The van der Waals surface area contributed by atoms with Crippen molar-refractivity contribution in [3.05, 3.63) is 77.6 Å². The molecule has 1 aliphatic heterocycles. The summed E-state index contributed by atoms with van der Waals surface area (Å²) < 4.78 is 0. The molecule has 1 unspecified atom stereocenters. The Morgan fingerprint density at radius 3 is 2.50 bits per heavy atom. The first-order valence-corrected chi connectivity index (χ1v) is 8.62. The van der Waals surface area contributed by atoms with E-state index in [1.807, 2.05) is 36.4 Å². The van der Waals surface area contributed by atoms with Crippen molar-refractivity contribution < 1.29 is 9.59 Å². The van der Waals surface area contributed by atoms with Crippen molar-refractivity contribution in [3.63, 3.8) is 0 Å². The van der Waals surface area contributed by atoms with Gasteiger partial charge in [-0.05, 0) is 36.8 Å². The third-order valence-electron chi connectivity index (χ3n) is 4.71. The summed E-state index contributed by atoms with van der Waals surface area (Å²) in [5, 5.41) is 20.2. The molecule has 0 spiro atoms. The molecule has 1 atom stereocenters. The molecule has 1 fully saturated rings. The van der Waals surface area contributed by atoms with Crippen LogP contribution in [0.25, 0.3) is 5.69 Å². The first kappa shape index (κ1) is 17.4. The van der Waals surface area contributed by atoms with Gasteiger partial charge in [0.15, 0.2) is 0 Å². The van der Waals surface area contributed by atoms with E-state index in [1.165, 1.54) is 11.0 Å². The average Bonchev–Trinajstić information content (AvgIpc) is 3.28. The van der Waals surface area contributed by atoms with Gasteiger partial charge in [0.05, 0.1) is 30.1 Å². The first-order valence-electron chi connectivity index (χ1n) is 8.62. The smallest absolute Gasteiger partial charge is 0.319 e. The zero-order valence-corrected chi connectivity index (χ0v) is 15.0. The minimum Gasteiger partial charge on any atom is -0.319 e. The van der Waals surface area contributed by atoms with E-state index in [-0.39, 0.29) is 12.5 Å². The number of carbonyl (C=O) groups excluding carboxylic acids is 2. The fraction of sp³-hybridized carbons (Fsp3) is 0.150. The summed E-state index contributed by atoms with van der Waals surface area (Å²) in [5.74, 6) is -0.378. The molecule has 0 aliphatic carbocycles. The number of benzene rings is 2. The SMILES string of the molecule is CC1(c2ccc(C#N)cc2)NC(=O)N(Cc2cnn(-c3ccccc3)n2)C1=O. The number of imide groups is 1. The highest BCUT2D eigenvalue weighted by atomic mass is 16.2. The lowest BCUT2D eigenvalue weighted by atomic mass is 9.91. The number of nitriles is 1. The summed E-state index contributed by atoms with van der Waals surface area (Å²) in [6.07, 6.45) is 1.53. The second-order valence-electron chi connectivity index (χ2n) is 6.60. The summed E-state index contributed by atoms with van der Waals surface area (Å²) >= 11 is 0. The number of rotatable bonds is 4. The van der Waals surface area contributed by atoms with Gasteiger partial charge in [-0.25, -0.2) is 4.79 Å². The molecular weight excluding hydrogens is 356 g/mol. The molecule has 1 aromatic heterocycles. The number of hydrogen-bond acceptors (Lipinski definition) is 5. The largest absolute Gasteiger partial charge is 0.325 e. The van der Waals surface area contributed by atoms with E-state index in [0.717, 1.165) is 10.6 Å². The van der Waals surface area contributed by atoms with Gasteiger partial charge in [0.25, 0.3) is 5.91 Å². The number of nitrogens with zero attached hydrogens (tertiary/aromatic N) is 5. The van der Waals surface area contributed by atoms with Crippen molar-refractivity contribution >= 4 is 11.9 Å². The molecule has 8 heteroatoms. The Hall–Kier alpha value is -3.99. The van der Waals surface area contributed by atoms with Gasteiger partial charge in [0.2, 0.25) is 0 Å². The predicted octanol–water partition coefficient (Wildman–Crippen LogP) is 2.11. The number of nitrogens with one attached hydrogen (secondary N) is 1. The fourth-order valence-corrected chi connectivity index (χ4v) is 3.13. The van der Waals surface area contributed by atoms with Crippen LogP contribution in [-0.4, -0.2) is 31.8 Å². The minimum atomic E-state index is -1.19. The molecule has 0 radical (unpaired) electrons. The molecule has 28 heavy (non-hydrogen) atoms. The Kier molecular flexibility index (Phi) is 4.12. The molecule has 2 heterocycles. The summed E-state index contributed by atoms with van der Waals surface area (Å²) in [5.41, 5.74) is 1.18. The molecule has 1 aliphatic rings. The number of urea groups is 1. The molecular formula is C20H16N6O2. The maximum atomic E-state index is 13.0. The Morgan fingerprint density at radius 2 is 1.82 bits per heavy atom. The second-order valence-corrected chi connectivity index (χ2v) is 6.60. The van der Waals surface area contributed by atoms with Crippen LogP contribution in [0.1, 0.15) is 23.7 Å². The first-order chi connectivity index (χ1) is 13.5. The van der Waals surface area contributed by atoms with E-state index < -0.39 is 11.6 Å². The third kappa shape index (κ3) is 2.89. The maximum absolute atomic E-state index is 13.0. The van der Waals surface area contributed by atoms with Crippen LogP contribution in [0.2, 0.25) is 0 Å². The normalized spacial score (nSPS) is 18.8. The van der Waals surface area contributed by atoms with Gasteiger partial charge in [-0.15, -0.1) is 0 Å². The minimum absolute atomic E-state index is 0.0172. The van der Waals surface area contributed by atoms with Crippen molar-refractivity contribution in [2.75, 3.05) is 0 Å². The fourth-order valence-electron chi connectivity index (χ4n) is 3.13. The zero-order valence-electron chi connectivity index (χ0n) is 15.0. The van der Waals surface area contributed by atoms with Crippen molar-refractivity contribution in [1.82, 2.24) is 25.2 Å². The molecule has 1 N–H and O–H groups in total. The Labute approximate surface area is 161 Å². The van der Waals surface area contributed by atoms with Crippen LogP contribution in [0.15, 0.2) is 60.8 Å². The molecule has 3 aromatic rings. The molecule has 0 saturated carbocycles. The van der Waals surface area contributed by atoms with Crippen LogP contribution in [0, 0.1) is 11.3 Å². The lowest BCUT2D eigenvalue weighted by Gasteiger charge is -2.22. The highest BCUT2D eigenvalue weighted by Crippen LogP contribution is 2.29. The van der Waals surface area contributed by atoms with E-state index in [1.54, 1.807) is 31.2 Å². The van der Waals surface area contributed by atoms with Crippen LogP contribution in [-0.2, 0) is 16.9 Å². The van der Waals surface area contributed by atoms with Crippen LogP contribution < -0.4 is 5.32 Å². The summed E-state index contributed by atoms with van der Waals surface area (Å²) in [7, 11) is 0. The van der Waals surface area contributed by atoms with E-state index in [0.29, 0.717) is 16.8 Å². The molecule has 4 rings (SSSR count). The number of aromatic nitrogens is 3. The number of para-hydroxylation sites is 1. The second kappa shape index (κ2) is 6.63. The van der Waals surface area contributed by atoms with Crippen LogP contribution in [0.5, 0.6) is 0 Å². The molecule has 8 nitrogen and oxygen atoms in total. The molecule has 2 aromatic carbocycles. The average molecular weight is 372 g/mol. The highest BCUT2D eigenvalue weighted by molar-refractivity contribution is 6.07. The Balaban J connectivity index is 1.56. The van der Waals surface area contributed by atoms with E-state index in [9.17, 15) is 9.59 Å². The molecule has 1 saturated heterocycles. The third-order valence-corrected chi connectivity index (χ3v) is 4.71. The van der Waals surface area contributed by atoms with Gasteiger partial charge in [-0.3, -0.25) is 9.69 Å². The summed E-state index contributed by atoms with van der Waals surface area (Å²) in [4.78, 5) is 28.0. The van der Waals surface area contributed by atoms with Gasteiger partial charge in [0, 0.05) is 0 Å². The lowest BCUT2D eigenvalue weighted by Crippen LogP contribution is -2.40. The Bertz CT molecular complexity index is 1080. The van der Waals surface area contributed by atoms with Crippen molar-refractivity contribution in [2.45, 2.75) is 19.0 Å². The Morgan fingerprint density at radius 1 is 1.11 bits per heavy atom. The zero-order chi connectivity index (χ0) is 19.7. The van der Waals surface area contributed by atoms with Crippen molar-refractivity contribution in [2.24, 2.45) is 0 Å². The van der Waals surface area contributed by atoms with Gasteiger partial charge >= 0.3 is 6.03 Å². The van der Waals surface area contributed by atoms with Crippen molar-refractivity contribution in [3.8, 4) is 11.8 Å². The van der Waals surface area contributed by atoms with Gasteiger partial charge in [-0.2, -0.15) is 20.3 Å². The van der Waals surface area contributed by atoms with E-state index in [2.05, 4.69) is 15.5 Å². The molecule has 3 amide bonds. The maximum Gasteiger partial charge on any atom is 0.325 e. The van der Waals surface area contributed by atoms with Gasteiger partial charge in [-0.1, -0.05) is 30.3 Å². The predicted molar refractivity (Wildman–Crippen MR) is 98.9 cm³/mol.